The number of amides is 1. The highest BCUT2D eigenvalue weighted by molar-refractivity contribution is 7.99. The van der Waals surface area contributed by atoms with Crippen molar-refractivity contribution in [3.63, 3.8) is 0 Å². The maximum absolute atomic E-state index is 12.2. The average molecular weight is 378 g/mol. The summed E-state index contributed by atoms with van der Waals surface area (Å²) in [4.78, 5) is 16.9. The number of aromatic nitrogens is 2. The van der Waals surface area contributed by atoms with Crippen LogP contribution in [0.2, 0.25) is 0 Å². The summed E-state index contributed by atoms with van der Waals surface area (Å²) in [5, 5.41) is 4.08. The van der Waals surface area contributed by atoms with Gasteiger partial charge in [-0.2, -0.15) is 0 Å². The number of fused-ring (bicyclic) bond motifs is 1. The largest absolute Gasteiger partial charge is 0.326 e. The Hall–Kier alpha value is -2.53. The topological polar surface area (TPSA) is 46.9 Å². The van der Waals surface area contributed by atoms with Gasteiger partial charge in [-0.25, -0.2) is 4.98 Å². The van der Waals surface area contributed by atoms with Gasteiger partial charge in [0.15, 0.2) is 5.16 Å². The fourth-order valence-electron chi connectivity index (χ4n) is 3.20. The normalized spacial score (nSPS) is 12.8. The molecule has 4 rings (SSSR count). The molecule has 0 atom stereocenters. The van der Waals surface area contributed by atoms with E-state index in [1.165, 1.54) is 11.1 Å². The van der Waals surface area contributed by atoms with Crippen LogP contribution in [0, 0.1) is 0 Å². The number of carbonyl (C=O) groups is 1. The molecule has 3 aromatic rings. The van der Waals surface area contributed by atoms with Gasteiger partial charge in [0, 0.05) is 36.2 Å². The minimum Gasteiger partial charge on any atom is -0.326 e. The number of nitrogens with zero attached hydrogens (tertiary/aromatic N) is 2. The molecule has 1 aliphatic rings. The van der Waals surface area contributed by atoms with Crippen molar-refractivity contribution in [3.8, 4) is 11.3 Å². The number of hydrogen-bond acceptors (Lipinski definition) is 3. The number of anilines is 1. The molecule has 4 nitrogen and oxygen atoms in total. The van der Waals surface area contributed by atoms with Gasteiger partial charge in [0.05, 0.1) is 5.69 Å². The van der Waals surface area contributed by atoms with Crippen LogP contribution in [0.25, 0.3) is 11.3 Å². The number of thioether (sulfide) groups is 1. The van der Waals surface area contributed by atoms with E-state index >= 15 is 0 Å². The molecule has 1 N–H and O–H groups in total. The second kappa shape index (κ2) is 8.01. The van der Waals surface area contributed by atoms with E-state index in [0.717, 1.165) is 47.2 Å². The summed E-state index contributed by atoms with van der Waals surface area (Å²) in [5.74, 6) is 1.15. The molecular weight excluding hydrogens is 354 g/mol. The molecule has 1 amide bonds. The van der Waals surface area contributed by atoms with Crippen LogP contribution in [0.5, 0.6) is 0 Å². The summed E-state index contributed by atoms with van der Waals surface area (Å²) >= 11 is 1.80. The molecule has 0 spiro atoms. The third kappa shape index (κ3) is 4.25. The average Bonchev–Trinajstić information content (AvgIpc) is 3.30. The van der Waals surface area contributed by atoms with Crippen molar-refractivity contribution in [3.05, 3.63) is 65.9 Å². The van der Waals surface area contributed by atoms with E-state index in [1.807, 2.05) is 24.3 Å². The molecule has 2 aromatic carbocycles. The number of imidazole rings is 1. The first-order valence-corrected chi connectivity index (χ1v) is 10.4. The smallest absolute Gasteiger partial charge is 0.224 e. The standard InChI is InChI=1S/C22H23N3OS/c1-2-16-3-5-17(6-4-16)7-12-21(26)23-19-10-8-18(9-11-19)20-15-25-13-14-27-22(25)24-20/h3-6,8-11,15H,2,7,12-14H2,1H3,(H,23,26). The third-order valence-electron chi connectivity index (χ3n) is 4.84. The second-order valence-electron chi connectivity index (χ2n) is 6.75. The molecule has 0 saturated heterocycles. The number of carbonyl (C=O) groups excluding carboxylic acids is 1. The van der Waals surface area contributed by atoms with Crippen molar-refractivity contribution in [1.29, 1.82) is 0 Å². The lowest BCUT2D eigenvalue weighted by molar-refractivity contribution is -0.116. The molecule has 0 aliphatic carbocycles. The summed E-state index contributed by atoms with van der Waals surface area (Å²) < 4.78 is 2.20. The lowest BCUT2D eigenvalue weighted by Crippen LogP contribution is -2.12. The summed E-state index contributed by atoms with van der Waals surface area (Å²) in [6.07, 6.45) is 4.38. The van der Waals surface area contributed by atoms with Gasteiger partial charge in [0.2, 0.25) is 5.91 Å². The van der Waals surface area contributed by atoms with Gasteiger partial charge in [0.1, 0.15) is 0 Å². The zero-order chi connectivity index (χ0) is 18.6. The molecule has 0 bridgehead atoms. The quantitative estimate of drug-likeness (QED) is 0.672. The van der Waals surface area contributed by atoms with E-state index in [2.05, 4.69) is 52.3 Å². The highest BCUT2D eigenvalue weighted by Gasteiger charge is 2.15. The van der Waals surface area contributed by atoms with Crippen LogP contribution in [0.1, 0.15) is 24.5 Å². The summed E-state index contributed by atoms with van der Waals surface area (Å²) in [6, 6.07) is 16.4. The SMILES string of the molecule is CCc1ccc(CCC(=O)Nc2ccc(-c3cn4c(n3)SCC4)cc2)cc1. The van der Waals surface area contributed by atoms with E-state index < -0.39 is 0 Å². The van der Waals surface area contributed by atoms with Crippen molar-refractivity contribution < 1.29 is 4.79 Å². The van der Waals surface area contributed by atoms with Crippen LogP contribution in [0.3, 0.4) is 0 Å². The Morgan fingerprint density at radius 3 is 2.56 bits per heavy atom. The molecule has 2 heterocycles. The fraction of sp³-hybridized carbons (Fsp3) is 0.273. The molecule has 0 fully saturated rings. The van der Waals surface area contributed by atoms with Crippen LogP contribution in [-0.2, 0) is 24.2 Å². The Balaban J connectivity index is 1.32. The van der Waals surface area contributed by atoms with Gasteiger partial charge in [-0.3, -0.25) is 4.79 Å². The van der Waals surface area contributed by atoms with Crippen molar-refractivity contribution in [2.75, 3.05) is 11.1 Å². The lowest BCUT2D eigenvalue weighted by atomic mass is 10.1. The summed E-state index contributed by atoms with van der Waals surface area (Å²) in [7, 11) is 0. The van der Waals surface area contributed by atoms with Gasteiger partial charge in [-0.1, -0.05) is 55.1 Å². The fourth-order valence-corrected chi connectivity index (χ4v) is 4.14. The van der Waals surface area contributed by atoms with Gasteiger partial charge in [-0.05, 0) is 36.1 Å². The maximum atomic E-state index is 12.2. The van der Waals surface area contributed by atoms with Crippen molar-refractivity contribution in [2.24, 2.45) is 0 Å². The molecule has 5 heteroatoms. The third-order valence-corrected chi connectivity index (χ3v) is 5.81. The molecule has 0 radical (unpaired) electrons. The highest BCUT2D eigenvalue weighted by Crippen LogP contribution is 2.29. The van der Waals surface area contributed by atoms with Gasteiger partial charge in [0.25, 0.3) is 0 Å². The Morgan fingerprint density at radius 2 is 1.85 bits per heavy atom. The predicted octanol–water partition coefficient (Wildman–Crippen LogP) is 4.79. The first-order chi connectivity index (χ1) is 13.2. The second-order valence-corrected chi connectivity index (χ2v) is 7.81. The van der Waals surface area contributed by atoms with Crippen LogP contribution >= 0.6 is 11.8 Å². The lowest BCUT2D eigenvalue weighted by Gasteiger charge is -2.07. The number of rotatable bonds is 6. The van der Waals surface area contributed by atoms with E-state index in [4.69, 9.17) is 0 Å². The van der Waals surface area contributed by atoms with E-state index in [-0.39, 0.29) is 5.91 Å². The molecule has 138 valence electrons. The first kappa shape index (κ1) is 17.9. The van der Waals surface area contributed by atoms with Gasteiger partial charge in [-0.15, -0.1) is 0 Å². The Morgan fingerprint density at radius 1 is 1.11 bits per heavy atom. The summed E-state index contributed by atoms with van der Waals surface area (Å²) in [5.41, 5.74) is 5.41. The van der Waals surface area contributed by atoms with Gasteiger partial charge < -0.3 is 9.88 Å². The molecular formula is C22H23N3OS. The van der Waals surface area contributed by atoms with E-state index in [0.29, 0.717) is 6.42 Å². The number of nitrogens with one attached hydrogen (secondary N) is 1. The first-order valence-electron chi connectivity index (χ1n) is 9.39. The minimum atomic E-state index is 0.0414. The zero-order valence-corrected chi connectivity index (χ0v) is 16.3. The minimum absolute atomic E-state index is 0.0414. The van der Waals surface area contributed by atoms with E-state index in [9.17, 15) is 4.79 Å². The van der Waals surface area contributed by atoms with Crippen LogP contribution < -0.4 is 5.32 Å². The van der Waals surface area contributed by atoms with Crippen molar-refractivity contribution in [1.82, 2.24) is 9.55 Å². The molecule has 1 aromatic heterocycles. The Kier molecular flexibility index (Phi) is 5.30. The molecule has 0 unspecified atom stereocenters. The Bertz CT molecular complexity index is 908. The number of benzene rings is 2. The molecule has 0 saturated carbocycles. The van der Waals surface area contributed by atoms with Crippen LogP contribution in [0.4, 0.5) is 5.69 Å². The zero-order valence-electron chi connectivity index (χ0n) is 15.4. The molecule has 1 aliphatic heterocycles. The van der Waals surface area contributed by atoms with Crippen molar-refractivity contribution in [2.45, 2.75) is 37.9 Å². The van der Waals surface area contributed by atoms with Crippen molar-refractivity contribution >= 4 is 23.4 Å². The monoisotopic (exact) mass is 377 g/mol. The van der Waals surface area contributed by atoms with Crippen LogP contribution in [-0.4, -0.2) is 21.2 Å². The van der Waals surface area contributed by atoms with Gasteiger partial charge >= 0.3 is 0 Å². The summed E-state index contributed by atoms with van der Waals surface area (Å²) in [6.45, 7) is 3.18. The van der Waals surface area contributed by atoms with E-state index in [1.54, 1.807) is 11.8 Å². The number of aryl methyl sites for hydroxylation is 3. The van der Waals surface area contributed by atoms with Crippen LogP contribution in [0.15, 0.2) is 59.9 Å². The predicted molar refractivity (Wildman–Crippen MR) is 111 cm³/mol. The Labute approximate surface area is 164 Å². The molecule has 27 heavy (non-hydrogen) atoms. The highest BCUT2D eigenvalue weighted by atomic mass is 32.2. The number of hydrogen-bond donors (Lipinski definition) is 1. The maximum Gasteiger partial charge on any atom is 0.224 e.